The van der Waals surface area contributed by atoms with Gasteiger partial charge in [-0.05, 0) is 30.5 Å². The molecule has 0 aliphatic heterocycles. The van der Waals surface area contributed by atoms with Gasteiger partial charge in [-0.15, -0.1) is 0 Å². The van der Waals surface area contributed by atoms with Crippen molar-refractivity contribution in [2.75, 3.05) is 11.9 Å². The van der Waals surface area contributed by atoms with Crippen LogP contribution in [-0.2, 0) is 4.79 Å². The molecule has 0 aromatic heterocycles. The van der Waals surface area contributed by atoms with Crippen molar-refractivity contribution in [3.05, 3.63) is 66.2 Å². The molecule has 0 radical (unpaired) electrons. The standard InChI is InChI=1S/C18H22N2O/c1-14(16-9-5-3-6-10-16)13-19-15(2)18(21)20-17-11-7-4-8-12-17/h3-12,14-15,19H,13H2,1-2H3,(H,20,21). The van der Waals surface area contributed by atoms with Gasteiger partial charge in [-0.3, -0.25) is 4.79 Å². The minimum Gasteiger partial charge on any atom is -0.325 e. The zero-order chi connectivity index (χ0) is 15.1. The summed E-state index contributed by atoms with van der Waals surface area (Å²) in [5.41, 5.74) is 2.10. The Labute approximate surface area is 126 Å². The second-order valence-corrected chi connectivity index (χ2v) is 5.30. The number of carbonyl (C=O) groups excluding carboxylic acids is 1. The van der Waals surface area contributed by atoms with E-state index in [-0.39, 0.29) is 11.9 Å². The number of carbonyl (C=O) groups is 1. The largest absolute Gasteiger partial charge is 0.325 e. The molecule has 1 amide bonds. The predicted molar refractivity (Wildman–Crippen MR) is 87.4 cm³/mol. The Balaban J connectivity index is 1.81. The highest BCUT2D eigenvalue weighted by Gasteiger charge is 2.14. The summed E-state index contributed by atoms with van der Waals surface area (Å²) < 4.78 is 0. The lowest BCUT2D eigenvalue weighted by Gasteiger charge is -2.18. The molecule has 110 valence electrons. The minimum absolute atomic E-state index is 0.0125. The molecule has 2 unspecified atom stereocenters. The fourth-order valence-corrected chi connectivity index (χ4v) is 2.12. The highest BCUT2D eigenvalue weighted by Crippen LogP contribution is 2.13. The lowest BCUT2D eigenvalue weighted by atomic mass is 10.0. The quantitative estimate of drug-likeness (QED) is 0.852. The van der Waals surface area contributed by atoms with Crippen LogP contribution in [0.3, 0.4) is 0 Å². The molecule has 0 saturated carbocycles. The van der Waals surface area contributed by atoms with Gasteiger partial charge in [0.15, 0.2) is 0 Å². The highest BCUT2D eigenvalue weighted by atomic mass is 16.2. The molecule has 3 nitrogen and oxygen atoms in total. The molecule has 2 atom stereocenters. The summed E-state index contributed by atoms with van der Waals surface area (Å²) in [4.78, 5) is 12.1. The van der Waals surface area contributed by atoms with Gasteiger partial charge in [-0.1, -0.05) is 55.5 Å². The van der Waals surface area contributed by atoms with Gasteiger partial charge in [-0.2, -0.15) is 0 Å². The van der Waals surface area contributed by atoms with Crippen LogP contribution in [0.15, 0.2) is 60.7 Å². The van der Waals surface area contributed by atoms with Crippen LogP contribution in [0.5, 0.6) is 0 Å². The first-order valence-electron chi connectivity index (χ1n) is 7.31. The maximum atomic E-state index is 12.1. The summed E-state index contributed by atoms with van der Waals surface area (Å²) in [5.74, 6) is 0.361. The van der Waals surface area contributed by atoms with Crippen molar-refractivity contribution in [2.45, 2.75) is 25.8 Å². The Bertz CT molecular complexity index is 554. The number of amides is 1. The highest BCUT2D eigenvalue weighted by molar-refractivity contribution is 5.94. The van der Waals surface area contributed by atoms with E-state index in [1.807, 2.05) is 55.5 Å². The third kappa shape index (κ3) is 4.72. The molecule has 0 saturated heterocycles. The van der Waals surface area contributed by atoms with Crippen LogP contribution in [0.1, 0.15) is 25.3 Å². The van der Waals surface area contributed by atoms with Gasteiger partial charge in [0.05, 0.1) is 6.04 Å². The van der Waals surface area contributed by atoms with Crippen LogP contribution in [0.25, 0.3) is 0 Å². The maximum absolute atomic E-state index is 12.1. The third-order valence-corrected chi connectivity index (χ3v) is 3.53. The monoisotopic (exact) mass is 282 g/mol. The van der Waals surface area contributed by atoms with Gasteiger partial charge < -0.3 is 10.6 Å². The van der Waals surface area contributed by atoms with Crippen molar-refractivity contribution in [3.8, 4) is 0 Å². The van der Waals surface area contributed by atoms with Crippen LogP contribution in [0, 0.1) is 0 Å². The normalized spacial score (nSPS) is 13.4. The molecule has 0 bridgehead atoms. The number of anilines is 1. The van der Waals surface area contributed by atoms with Gasteiger partial charge in [0, 0.05) is 12.2 Å². The van der Waals surface area contributed by atoms with E-state index in [4.69, 9.17) is 0 Å². The minimum atomic E-state index is -0.226. The van der Waals surface area contributed by atoms with Crippen LogP contribution in [-0.4, -0.2) is 18.5 Å². The van der Waals surface area contributed by atoms with Crippen molar-refractivity contribution in [1.82, 2.24) is 5.32 Å². The fourth-order valence-electron chi connectivity index (χ4n) is 2.12. The molecule has 2 aromatic rings. The lowest BCUT2D eigenvalue weighted by Crippen LogP contribution is -2.39. The lowest BCUT2D eigenvalue weighted by molar-refractivity contribution is -0.117. The number of hydrogen-bond donors (Lipinski definition) is 2. The van der Waals surface area contributed by atoms with Crippen molar-refractivity contribution >= 4 is 11.6 Å². The van der Waals surface area contributed by atoms with Gasteiger partial charge in [-0.25, -0.2) is 0 Å². The van der Waals surface area contributed by atoms with Crippen LogP contribution in [0.4, 0.5) is 5.69 Å². The third-order valence-electron chi connectivity index (χ3n) is 3.53. The van der Waals surface area contributed by atoms with Crippen molar-refractivity contribution in [3.63, 3.8) is 0 Å². The summed E-state index contributed by atoms with van der Waals surface area (Å²) >= 11 is 0. The summed E-state index contributed by atoms with van der Waals surface area (Å²) in [6, 6.07) is 19.6. The first-order valence-corrected chi connectivity index (χ1v) is 7.31. The van der Waals surface area contributed by atoms with Crippen LogP contribution in [0.2, 0.25) is 0 Å². The zero-order valence-electron chi connectivity index (χ0n) is 12.5. The summed E-state index contributed by atoms with van der Waals surface area (Å²) in [6.07, 6.45) is 0. The van der Waals surface area contributed by atoms with Gasteiger partial charge >= 0.3 is 0 Å². The molecule has 21 heavy (non-hydrogen) atoms. The van der Waals surface area contributed by atoms with Gasteiger partial charge in [0.25, 0.3) is 0 Å². The fraction of sp³-hybridized carbons (Fsp3) is 0.278. The second-order valence-electron chi connectivity index (χ2n) is 5.30. The summed E-state index contributed by atoms with van der Waals surface area (Å²) in [7, 11) is 0. The Kier molecular flexibility index (Phi) is 5.52. The van der Waals surface area contributed by atoms with E-state index in [1.54, 1.807) is 0 Å². The molecule has 3 heteroatoms. The molecule has 0 spiro atoms. The molecule has 0 fully saturated rings. The number of benzene rings is 2. The molecule has 0 aliphatic rings. The first kappa shape index (κ1) is 15.3. The molecular formula is C18H22N2O. The van der Waals surface area contributed by atoms with E-state index in [1.165, 1.54) is 5.56 Å². The van der Waals surface area contributed by atoms with Crippen molar-refractivity contribution in [2.24, 2.45) is 0 Å². The number of hydrogen-bond acceptors (Lipinski definition) is 2. The molecule has 2 rings (SSSR count). The van der Waals surface area contributed by atoms with E-state index in [0.717, 1.165) is 12.2 Å². The van der Waals surface area contributed by atoms with Crippen molar-refractivity contribution < 1.29 is 4.79 Å². The van der Waals surface area contributed by atoms with Crippen molar-refractivity contribution in [1.29, 1.82) is 0 Å². The van der Waals surface area contributed by atoms with E-state index in [2.05, 4.69) is 29.7 Å². The van der Waals surface area contributed by atoms with E-state index in [0.29, 0.717) is 5.92 Å². The van der Waals surface area contributed by atoms with E-state index in [9.17, 15) is 4.79 Å². The molecular weight excluding hydrogens is 260 g/mol. The van der Waals surface area contributed by atoms with Crippen LogP contribution >= 0.6 is 0 Å². The second kappa shape index (κ2) is 7.60. The van der Waals surface area contributed by atoms with E-state index < -0.39 is 0 Å². The molecule has 0 heterocycles. The Morgan fingerprint density at radius 3 is 2.14 bits per heavy atom. The van der Waals surface area contributed by atoms with Gasteiger partial charge in [0.1, 0.15) is 0 Å². The molecule has 0 aliphatic carbocycles. The number of nitrogens with one attached hydrogen (secondary N) is 2. The molecule has 2 aromatic carbocycles. The molecule has 2 N–H and O–H groups in total. The topological polar surface area (TPSA) is 41.1 Å². The first-order chi connectivity index (χ1) is 10.2. The number of rotatable bonds is 6. The smallest absolute Gasteiger partial charge is 0.241 e. The average molecular weight is 282 g/mol. The zero-order valence-corrected chi connectivity index (χ0v) is 12.5. The average Bonchev–Trinajstić information content (AvgIpc) is 2.54. The summed E-state index contributed by atoms with van der Waals surface area (Å²) in [5, 5.41) is 6.19. The Morgan fingerprint density at radius 2 is 1.52 bits per heavy atom. The van der Waals surface area contributed by atoms with Gasteiger partial charge in [0.2, 0.25) is 5.91 Å². The Morgan fingerprint density at radius 1 is 0.952 bits per heavy atom. The maximum Gasteiger partial charge on any atom is 0.241 e. The summed E-state index contributed by atoms with van der Waals surface area (Å²) in [6.45, 7) is 4.81. The Hall–Kier alpha value is -2.13. The predicted octanol–water partition coefficient (Wildman–Crippen LogP) is 3.41. The van der Waals surface area contributed by atoms with E-state index >= 15 is 0 Å². The number of para-hydroxylation sites is 1. The van der Waals surface area contributed by atoms with Crippen LogP contribution < -0.4 is 10.6 Å². The SMILES string of the molecule is CC(NCC(C)c1ccccc1)C(=O)Nc1ccccc1.